The summed E-state index contributed by atoms with van der Waals surface area (Å²) >= 11 is 0. The first-order valence-corrected chi connectivity index (χ1v) is 8.52. The number of rotatable bonds is 3. The van der Waals surface area contributed by atoms with Crippen molar-refractivity contribution in [3.63, 3.8) is 0 Å². The normalized spacial score (nSPS) is 12.6. The Hall–Kier alpha value is -3.28. The molecule has 0 bridgehead atoms. The Bertz CT molecular complexity index is 1150. The van der Waals surface area contributed by atoms with Crippen molar-refractivity contribution in [2.24, 2.45) is 14.1 Å². The number of nitrogens with one attached hydrogen (secondary N) is 1. The van der Waals surface area contributed by atoms with Crippen molar-refractivity contribution in [2.75, 3.05) is 5.73 Å². The summed E-state index contributed by atoms with van der Waals surface area (Å²) in [5.74, 6) is 0.116. The van der Waals surface area contributed by atoms with Crippen LogP contribution in [0.5, 0.6) is 0 Å². The Kier molecular flexibility index (Phi) is 3.68. The number of aromatic nitrogens is 4. The van der Waals surface area contributed by atoms with Gasteiger partial charge in [0.05, 0.1) is 28.5 Å². The minimum atomic E-state index is -0.104. The maximum atomic E-state index is 12.8. The van der Waals surface area contributed by atoms with Gasteiger partial charge in [-0.05, 0) is 11.1 Å². The summed E-state index contributed by atoms with van der Waals surface area (Å²) in [6, 6.07) is 10.2. The zero-order valence-electron chi connectivity index (χ0n) is 15.0. The van der Waals surface area contributed by atoms with Crippen LogP contribution in [-0.4, -0.2) is 19.3 Å². The average molecular weight is 347 g/mol. The third-order valence-corrected chi connectivity index (χ3v) is 4.95. The number of pyridine rings is 1. The quantitative estimate of drug-likeness (QED) is 0.598. The second-order valence-corrected chi connectivity index (χ2v) is 6.70. The molecule has 0 fully saturated rings. The highest BCUT2D eigenvalue weighted by Gasteiger charge is 2.21. The SMILES string of the molecule is CC(c1ccccc1)c1cn(C)c(=O)c2c(N)c(-c3cnn(C)c3)[nH]c12. The van der Waals surface area contributed by atoms with E-state index in [4.69, 9.17) is 5.73 Å². The van der Waals surface area contributed by atoms with E-state index in [9.17, 15) is 4.79 Å². The zero-order valence-corrected chi connectivity index (χ0v) is 15.0. The third kappa shape index (κ3) is 2.42. The van der Waals surface area contributed by atoms with Crippen LogP contribution in [0.3, 0.4) is 0 Å². The first kappa shape index (κ1) is 16.2. The van der Waals surface area contributed by atoms with Crippen LogP contribution in [0.15, 0.2) is 53.7 Å². The van der Waals surface area contributed by atoms with Crippen LogP contribution in [0, 0.1) is 0 Å². The van der Waals surface area contributed by atoms with Gasteiger partial charge in [0.15, 0.2) is 0 Å². The summed E-state index contributed by atoms with van der Waals surface area (Å²) in [4.78, 5) is 16.1. The maximum Gasteiger partial charge on any atom is 0.261 e. The van der Waals surface area contributed by atoms with Crippen LogP contribution >= 0.6 is 0 Å². The number of nitrogen functional groups attached to an aromatic ring is 1. The number of H-pyrrole nitrogens is 1. The monoisotopic (exact) mass is 347 g/mol. The van der Waals surface area contributed by atoms with Crippen LogP contribution in [0.25, 0.3) is 22.2 Å². The maximum absolute atomic E-state index is 12.8. The van der Waals surface area contributed by atoms with Crippen molar-refractivity contribution in [2.45, 2.75) is 12.8 Å². The number of benzene rings is 1. The lowest BCUT2D eigenvalue weighted by atomic mass is 9.93. The highest BCUT2D eigenvalue weighted by molar-refractivity contribution is 6.00. The number of hydrogen-bond donors (Lipinski definition) is 2. The van der Waals surface area contributed by atoms with E-state index in [2.05, 4.69) is 29.1 Å². The van der Waals surface area contributed by atoms with E-state index >= 15 is 0 Å². The zero-order chi connectivity index (χ0) is 18.4. The Morgan fingerprint density at radius 2 is 1.88 bits per heavy atom. The van der Waals surface area contributed by atoms with Crippen molar-refractivity contribution in [3.8, 4) is 11.3 Å². The molecule has 1 aromatic carbocycles. The van der Waals surface area contributed by atoms with E-state index in [1.165, 1.54) is 5.56 Å². The molecule has 0 spiro atoms. The summed E-state index contributed by atoms with van der Waals surface area (Å²) in [5.41, 5.74) is 11.4. The molecule has 0 aliphatic heterocycles. The first-order valence-electron chi connectivity index (χ1n) is 8.52. The number of hydrogen-bond acceptors (Lipinski definition) is 3. The minimum absolute atomic E-state index is 0.104. The third-order valence-electron chi connectivity index (χ3n) is 4.95. The molecule has 3 heterocycles. The molecule has 0 aliphatic rings. The predicted octanol–water partition coefficient (Wildman–Crippen LogP) is 3.00. The van der Waals surface area contributed by atoms with Gasteiger partial charge in [0.2, 0.25) is 0 Å². The molecule has 26 heavy (non-hydrogen) atoms. The molecule has 0 radical (unpaired) electrons. The highest BCUT2D eigenvalue weighted by Crippen LogP contribution is 2.35. The molecule has 6 heteroatoms. The summed E-state index contributed by atoms with van der Waals surface area (Å²) in [6.07, 6.45) is 5.52. The van der Waals surface area contributed by atoms with Gasteiger partial charge >= 0.3 is 0 Å². The Labute approximate surface area is 150 Å². The van der Waals surface area contributed by atoms with Gasteiger partial charge in [0.1, 0.15) is 0 Å². The summed E-state index contributed by atoms with van der Waals surface area (Å²) in [6.45, 7) is 2.13. The van der Waals surface area contributed by atoms with E-state index < -0.39 is 0 Å². The number of aromatic amines is 1. The van der Waals surface area contributed by atoms with Crippen molar-refractivity contribution < 1.29 is 0 Å². The molecule has 1 unspecified atom stereocenters. The van der Waals surface area contributed by atoms with Gasteiger partial charge in [-0.2, -0.15) is 5.10 Å². The van der Waals surface area contributed by atoms with E-state index in [0.29, 0.717) is 11.1 Å². The lowest BCUT2D eigenvalue weighted by molar-refractivity contribution is 0.768. The smallest absolute Gasteiger partial charge is 0.261 e. The molecule has 0 saturated carbocycles. The van der Waals surface area contributed by atoms with Crippen molar-refractivity contribution >= 4 is 16.6 Å². The number of aryl methyl sites for hydroxylation is 2. The van der Waals surface area contributed by atoms with Crippen LogP contribution in [-0.2, 0) is 14.1 Å². The molecule has 4 rings (SSSR count). The van der Waals surface area contributed by atoms with Gasteiger partial charge in [-0.25, -0.2) is 0 Å². The standard InChI is InChI=1S/C20H21N5O/c1-12(13-7-5-4-6-8-13)15-11-24(2)20(26)16-17(21)18(23-19(15)16)14-9-22-25(3)10-14/h4-12,23H,21H2,1-3H3. The highest BCUT2D eigenvalue weighted by atomic mass is 16.1. The minimum Gasteiger partial charge on any atom is -0.396 e. The molecule has 1 atom stereocenters. The fraction of sp³-hybridized carbons (Fsp3) is 0.200. The van der Waals surface area contributed by atoms with Crippen molar-refractivity contribution in [1.29, 1.82) is 0 Å². The van der Waals surface area contributed by atoms with Gasteiger partial charge in [-0.3, -0.25) is 9.48 Å². The lowest BCUT2D eigenvalue weighted by Crippen LogP contribution is -2.18. The van der Waals surface area contributed by atoms with Crippen LogP contribution < -0.4 is 11.3 Å². The predicted molar refractivity (Wildman–Crippen MR) is 104 cm³/mol. The average Bonchev–Trinajstić information content (AvgIpc) is 3.22. The van der Waals surface area contributed by atoms with Crippen LogP contribution in [0.1, 0.15) is 24.0 Å². The summed E-state index contributed by atoms with van der Waals surface area (Å²) in [5, 5.41) is 4.74. The largest absolute Gasteiger partial charge is 0.396 e. The molecule has 3 aromatic heterocycles. The Balaban J connectivity index is 2.00. The molecule has 0 aliphatic carbocycles. The molecule has 0 saturated heterocycles. The van der Waals surface area contributed by atoms with Gasteiger partial charge < -0.3 is 15.3 Å². The van der Waals surface area contributed by atoms with Gasteiger partial charge in [-0.1, -0.05) is 37.3 Å². The number of nitrogens with zero attached hydrogens (tertiary/aromatic N) is 3. The van der Waals surface area contributed by atoms with Gasteiger partial charge in [0, 0.05) is 38.0 Å². The van der Waals surface area contributed by atoms with E-state index in [0.717, 1.165) is 22.3 Å². The van der Waals surface area contributed by atoms with Crippen LogP contribution in [0.4, 0.5) is 5.69 Å². The number of nitrogens with two attached hydrogens (primary N) is 1. The molecular weight excluding hydrogens is 326 g/mol. The second-order valence-electron chi connectivity index (χ2n) is 6.70. The lowest BCUT2D eigenvalue weighted by Gasteiger charge is -2.15. The van der Waals surface area contributed by atoms with E-state index in [-0.39, 0.29) is 11.5 Å². The molecular formula is C20H21N5O. The topological polar surface area (TPSA) is 81.6 Å². The van der Waals surface area contributed by atoms with Crippen LogP contribution in [0.2, 0.25) is 0 Å². The van der Waals surface area contributed by atoms with E-state index in [1.807, 2.05) is 37.6 Å². The second kappa shape index (κ2) is 5.91. The van der Waals surface area contributed by atoms with Crippen molar-refractivity contribution in [3.05, 3.63) is 70.4 Å². The summed E-state index contributed by atoms with van der Waals surface area (Å²) in [7, 11) is 3.61. The Morgan fingerprint density at radius 1 is 1.15 bits per heavy atom. The van der Waals surface area contributed by atoms with Gasteiger partial charge in [-0.15, -0.1) is 0 Å². The van der Waals surface area contributed by atoms with Gasteiger partial charge in [0.25, 0.3) is 5.56 Å². The molecule has 0 amide bonds. The molecule has 132 valence electrons. The fourth-order valence-electron chi connectivity index (χ4n) is 3.49. The number of anilines is 1. The molecule has 6 nitrogen and oxygen atoms in total. The molecule has 4 aromatic rings. The molecule has 3 N–H and O–H groups in total. The number of fused-ring (bicyclic) bond motifs is 1. The van der Waals surface area contributed by atoms with Crippen molar-refractivity contribution in [1.82, 2.24) is 19.3 Å². The van der Waals surface area contributed by atoms with E-state index in [1.54, 1.807) is 22.5 Å². The Morgan fingerprint density at radius 3 is 2.54 bits per heavy atom. The fourth-order valence-corrected chi connectivity index (χ4v) is 3.49. The summed E-state index contributed by atoms with van der Waals surface area (Å²) < 4.78 is 3.32. The first-order chi connectivity index (χ1) is 12.5.